The Bertz CT molecular complexity index is 504. The Morgan fingerprint density at radius 2 is 2.31 bits per heavy atom. The van der Waals surface area contributed by atoms with Crippen LogP contribution in [0.25, 0.3) is 11.0 Å². The van der Waals surface area contributed by atoms with Gasteiger partial charge in [0.1, 0.15) is 11.3 Å². The molecule has 0 saturated carbocycles. The lowest BCUT2D eigenvalue weighted by Crippen LogP contribution is -2.08. The number of benzene rings is 1. The number of rotatable bonds is 4. The number of allylic oxidation sites excluding steroid dienone is 1. The summed E-state index contributed by atoms with van der Waals surface area (Å²) in [7, 11) is 0. The van der Waals surface area contributed by atoms with Crippen molar-refractivity contribution in [3.8, 4) is 0 Å². The van der Waals surface area contributed by atoms with Crippen molar-refractivity contribution in [3.05, 3.63) is 47.2 Å². The number of hydrogen-bond donors (Lipinski definition) is 1. The van der Waals surface area contributed by atoms with Gasteiger partial charge in [-0.05, 0) is 40.9 Å². The maximum absolute atomic E-state index is 6.04. The summed E-state index contributed by atoms with van der Waals surface area (Å²) in [5, 5.41) is 1.08. The van der Waals surface area contributed by atoms with E-state index in [9.17, 15) is 0 Å². The second kappa shape index (κ2) is 4.85. The number of halogens is 1. The molecule has 84 valence electrons. The van der Waals surface area contributed by atoms with Crippen LogP contribution < -0.4 is 5.73 Å². The van der Waals surface area contributed by atoms with E-state index in [0.717, 1.165) is 34.0 Å². The van der Waals surface area contributed by atoms with Crippen LogP contribution in [0, 0.1) is 0 Å². The third-order valence-electron chi connectivity index (χ3n) is 2.56. The molecule has 0 aliphatic heterocycles. The fourth-order valence-electron chi connectivity index (χ4n) is 1.67. The summed E-state index contributed by atoms with van der Waals surface area (Å²) >= 11 is 3.46. The van der Waals surface area contributed by atoms with Gasteiger partial charge in [-0.25, -0.2) is 0 Å². The van der Waals surface area contributed by atoms with Gasteiger partial charge in [0.05, 0.1) is 10.5 Å². The van der Waals surface area contributed by atoms with Crippen LogP contribution in [0.2, 0.25) is 0 Å². The molecule has 0 amide bonds. The molecule has 0 aliphatic carbocycles. The zero-order chi connectivity index (χ0) is 11.5. The zero-order valence-electron chi connectivity index (χ0n) is 8.95. The smallest absolute Gasteiger partial charge is 0.148 e. The monoisotopic (exact) mass is 279 g/mol. The summed E-state index contributed by atoms with van der Waals surface area (Å²) in [6.07, 6.45) is 3.64. The van der Waals surface area contributed by atoms with E-state index >= 15 is 0 Å². The lowest BCUT2D eigenvalue weighted by Gasteiger charge is -2.05. The van der Waals surface area contributed by atoms with Gasteiger partial charge >= 0.3 is 0 Å². The Morgan fingerprint density at radius 1 is 1.50 bits per heavy atom. The van der Waals surface area contributed by atoms with E-state index in [0.29, 0.717) is 0 Å². The molecule has 0 aliphatic rings. The first kappa shape index (κ1) is 11.4. The normalized spacial score (nSPS) is 12.9. The Labute approximate surface area is 103 Å². The van der Waals surface area contributed by atoms with Gasteiger partial charge in [0.15, 0.2) is 0 Å². The van der Waals surface area contributed by atoms with Crippen LogP contribution in [0.4, 0.5) is 0 Å². The van der Waals surface area contributed by atoms with Crippen LogP contribution in [0.15, 0.2) is 45.8 Å². The predicted molar refractivity (Wildman–Crippen MR) is 70.3 cm³/mol. The van der Waals surface area contributed by atoms with E-state index in [1.54, 1.807) is 0 Å². The molecule has 2 N–H and O–H groups in total. The molecule has 0 fully saturated rings. The number of fused-ring (bicyclic) bond motifs is 1. The maximum Gasteiger partial charge on any atom is 0.148 e. The van der Waals surface area contributed by atoms with Crippen LogP contribution in [0.3, 0.4) is 0 Å². The second-order valence-electron chi connectivity index (χ2n) is 3.78. The van der Waals surface area contributed by atoms with Gasteiger partial charge in [0.25, 0.3) is 0 Å². The Morgan fingerprint density at radius 3 is 3.00 bits per heavy atom. The van der Waals surface area contributed by atoms with Gasteiger partial charge in [-0.2, -0.15) is 0 Å². The molecule has 3 heteroatoms. The highest BCUT2D eigenvalue weighted by molar-refractivity contribution is 9.10. The van der Waals surface area contributed by atoms with E-state index < -0.39 is 0 Å². The zero-order valence-corrected chi connectivity index (χ0v) is 10.5. The fourth-order valence-corrected chi connectivity index (χ4v) is 2.13. The van der Waals surface area contributed by atoms with Crippen LogP contribution in [-0.2, 0) is 0 Å². The molecule has 0 spiro atoms. The first-order valence-corrected chi connectivity index (χ1v) is 6.06. The van der Waals surface area contributed by atoms with Crippen LogP contribution in [0.5, 0.6) is 0 Å². The summed E-state index contributed by atoms with van der Waals surface area (Å²) in [5.41, 5.74) is 6.91. The summed E-state index contributed by atoms with van der Waals surface area (Å²) in [5.74, 6) is 0.837. The number of nitrogens with two attached hydrogens (primary N) is 1. The van der Waals surface area contributed by atoms with E-state index in [2.05, 4.69) is 22.5 Å². The van der Waals surface area contributed by atoms with Crippen LogP contribution in [0.1, 0.15) is 24.6 Å². The third kappa shape index (κ3) is 2.20. The average Bonchev–Trinajstić information content (AvgIpc) is 2.71. The summed E-state index contributed by atoms with van der Waals surface area (Å²) in [6, 6.07) is 7.92. The van der Waals surface area contributed by atoms with E-state index in [4.69, 9.17) is 10.2 Å². The Hall–Kier alpha value is -1.06. The summed E-state index contributed by atoms with van der Waals surface area (Å²) in [6.45, 7) is 3.69. The molecule has 1 aromatic carbocycles. The van der Waals surface area contributed by atoms with E-state index in [-0.39, 0.29) is 6.04 Å². The van der Waals surface area contributed by atoms with Crippen molar-refractivity contribution in [1.82, 2.24) is 0 Å². The molecule has 0 radical (unpaired) electrons. The number of hydrogen-bond acceptors (Lipinski definition) is 2. The molecule has 0 bridgehead atoms. The average molecular weight is 280 g/mol. The Balaban J connectivity index is 2.32. The molecule has 1 unspecified atom stereocenters. The third-order valence-corrected chi connectivity index (χ3v) is 3.19. The van der Waals surface area contributed by atoms with E-state index in [1.165, 1.54) is 0 Å². The maximum atomic E-state index is 6.04. The van der Waals surface area contributed by atoms with Gasteiger partial charge in [0, 0.05) is 5.39 Å². The van der Waals surface area contributed by atoms with Gasteiger partial charge in [-0.3, -0.25) is 0 Å². The highest BCUT2D eigenvalue weighted by atomic mass is 79.9. The molecule has 16 heavy (non-hydrogen) atoms. The van der Waals surface area contributed by atoms with Crippen molar-refractivity contribution in [2.75, 3.05) is 0 Å². The lowest BCUT2D eigenvalue weighted by molar-refractivity contribution is 0.479. The first-order chi connectivity index (χ1) is 7.72. The number of furan rings is 1. The topological polar surface area (TPSA) is 39.2 Å². The molecular formula is C13H14BrNO. The minimum Gasteiger partial charge on any atom is -0.458 e. The van der Waals surface area contributed by atoms with Gasteiger partial charge in [-0.1, -0.05) is 18.2 Å². The molecule has 0 saturated heterocycles. The summed E-state index contributed by atoms with van der Waals surface area (Å²) < 4.78 is 6.72. The molecule has 1 atom stereocenters. The predicted octanol–water partition coefficient (Wildman–Crippen LogP) is 4.16. The highest BCUT2D eigenvalue weighted by Crippen LogP contribution is 2.30. The van der Waals surface area contributed by atoms with E-state index in [1.807, 2.05) is 30.3 Å². The Kier molecular flexibility index (Phi) is 3.46. The molecule has 2 nitrogen and oxygen atoms in total. The minimum atomic E-state index is -0.0581. The van der Waals surface area contributed by atoms with Gasteiger partial charge in [0.2, 0.25) is 0 Å². The van der Waals surface area contributed by atoms with Gasteiger partial charge < -0.3 is 10.2 Å². The van der Waals surface area contributed by atoms with Crippen molar-refractivity contribution >= 4 is 26.9 Å². The standard InChI is InChI=1S/C13H14BrNO/c1-2-3-7-11(15)12-8-9-5-4-6-10(14)13(9)16-12/h2,4-6,8,11H,1,3,7,15H2. The fraction of sp³-hybridized carbons (Fsp3) is 0.231. The molecular weight excluding hydrogens is 266 g/mol. The van der Waals surface area contributed by atoms with Gasteiger partial charge in [-0.15, -0.1) is 6.58 Å². The quantitative estimate of drug-likeness (QED) is 0.854. The first-order valence-electron chi connectivity index (χ1n) is 5.27. The largest absolute Gasteiger partial charge is 0.458 e. The molecule has 1 heterocycles. The number of para-hydroxylation sites is 1. The van der Waals surface area contributed by atoms with Crippen LogP contribution in [-0.4, -0.2) is 0 Å². The summed E-state index contributed by atoms with van der Waals surface area (Å²) in [4.78, 5) is 0. The van der Waals surface area contributed by atoms with Crippen molar-refractivity contribution in [1.29, 1.82) is 0 Å². The minimum absolute atomic E-state index is 0.0581. The highest BCUT2D eigenvalue weighted by Gasteiger charge is 2.12. The van der Waals surface area contributed by atoms with Crippen molar-refractivity contribution in [3.63, 3.8) is 0 Å². The molecule has 1 aromatic heterocycles. The molecule has 2 rings (SSSR count). The lowest BCUT2D eigenvalue weighted by atomic mass is 10.1. The van der Waals surface area contributed by atoms with Crippen molar-refractivity contribution < 1.29 is 4.42 Å². The van der Waals surface area contributed by atoms with Crippen molar-refractivity contribution in [2.24, 2.45) is 5.73 Å². The SMILES string of the molecule is C=CCCC(N)c1cc2cccc(Br)c2o1. The van der Waals surface area contributed by atoms with Crippen molar-refractivity contribution in [2.45, 2.75) is 18.9 Å². The van der Waals surface area contributed by atoms with Crippen LogP contribution >= 0.6 is 15.9 Å². The second-order valence-corrected chi connectivity index (χ2v) is 4.63. The molecule has 2 aromatic rings.